The van der Waals surface area contributed by atoms with E-state index < -0.39 is 0 Å². The summed E-state index contributed by atoms with van der Waals surface area (Å²) in [7, 11) is 1.58. The number of amides is 1. The molecule has 1 aromatic rings. The number of methoxy groups -OCH3 is 1. The van der Waals surface area contributed by atoms with Crippen molar-refractivity contribution in [2.45, 2.75) is 13.8 Å². The number of aryl methyl sites for hydroxylation is 2. The molecule has 0 saturated carbocycles. The third-order valence-corrected chi connectivity index (χ3v) is 2.18. The van der Waals surface area contributed by atoms with Crippen molar-refractivity contribution >= 4 is 5.91 Å². The van der Waals surface area contributed by atoms with Gasteiger partial charge in [-0.1, -0.05) is 17.7 Å². The summed E-state index contributed by atoms with van der Waals surface area (Å²) in [4.78, 5) is 16.6. The Bertz CT molecular complexity index is 363. The Balaban J connectivity index is 2.53. The first-order chi connectivity index (χ1) is 7.65. The highest BCUT2D eigenvalue weighted by atomic mass is 16.7. The van der Waals surface area contributed by atoms with Crippen molar-refractivity contribution in [3.05, 3.63) is 34.9 Å². The highest BCUT2D eigenvalue weighted by Gasteiger charge is 2.08. The van der Waals surface area contributed by atoms with E-state index in [1.54, 1.807) is 13.2 Å². The van der Waals surface area contributed by atoms with Gasteiger partial charge in [0.1, 0.15) is 0 Å². The molecule has 4 heteroatoms. The van der Waals surface area contributed by atoms with Crippen LogP contribution in [0.5, 0.6) is 0 Å². The Labute approximate surface area is 95.5 Å². The minimum Gasteiger partial charge on any atom is -0.382 e. The Morgan fingerprint density at radius 2 is 2.06 bits per heavy atom. The molecular weight excluding hydrogens is 206 g/mol. The molecule has 1 rings (SSSR count). The monoisotopic (exact) mass is 223 g/mol. The van der Waals surface area contributed by atoms with E-state index in [1.165, 1.54) is 0 Å². The van der Waals surface area contributed by atoms with Crippen LogP contribution in [0.1, 0.15) is 21.5 Å². The first kappa shape index (κ1) is 12.7. The van der Waals surface area contributed by atoms with Crippen LogP contribution in [-0.4, -0.2) is 26.2 Å². The minimum absolute atomic E-state index is 0.228. The van der Waals surface area contributed by atoms with E-state index in [2.05, 4.69) is 5.48 Å². The molecule has 1 amide bonds. The molecular formula is C12H17NO3. The van der Waals surface area contributed by atoms with Gasteiger partial charge in [-0.25, -0.2) is 5.48 Å². The Kier molecular flexibility index (Phi) is 4.95. The number of benzene rings is 1. The first-order valence-electron chi connectivity index (χ1n) is 5.13. The lowest BCUT2D eigenvalue weighted by Gasteiger charge is -2.08. The maximum Gasteiger partial charge on any atom is 0.275 e. The highest BCUT2D eigenvalue weighted by molar-refractivity contribution is 5.94. The van der Waals surface area contributed by atoms with Crippen molar-refractivity contribution < 1.29 is 14.4 Å². The number of hydrogen-bond acceptors (Lipinski definition) is 3. The fraction of sp³-hybridized carbons (Fsp3) is 0.417. The van der Waals surface area contributed by atoms with E-state index in [4.69, 9.17) is 9.57 Å². The second kappa shape index (κ2) is 6.25. The smallest absolute Gasteiger partial charge is 0.275 e. The summed E-state index contributed by atoms with van der Waals surface area (Å²) < 4.78 is 4.79. The van der Waals surface area contributed by atoms with Gasteiger partial charge in [-0.2, -0.15) is 0 Å². The van der Waals surface area contributed by atoms with Crippen molar-refractivity contribution in [2.24, 2.45) is 0 Å². The van der Waals surface area contributed by atoms with Crippen LogP contribution < -0.4 is 5.48 Å². The lowest BCUT2D eigenvalue weighted by molar-refractivity contribution is 0.00885. The van der Waals surface area contributed by atoms with Crippen LogP contribution in [0.15, 0.2) is 18.2 Å². The van der Waals surface area contributed by atoms with Crippen molar-refractivity contribution in [1.29, 1.82) is 0 Å². The Morgan fingerprint density at radius 1 is 1.31 bits per heavy atom. The summed E-state index contributed by atoms with van der Waals surface area (Å²) in [6.07, 6.45) is 0. The summed E-state index contributed by atoms with van der Waals surface area (Å²) in [5.41, 5.74) is 5.07. The second-order valence-electron chi connectivity index (χ2n) is 3.59. The van der Waals surface area contributed by atoms with Gasteiger partial charge in [0.25, 0.3) is 5.91 Å². The van der Waals surface area contributed by atoms with Crippen LogP contribution in [0.4, 0.5) is 0 Å². The molecule has 0 aromatic heterocycles. The number of ether oxygens (including phenoxy) is 1. The molecule has 1 N–H and O–H groups in total. The molecule has 0 atom stereocenters. The molecule has 0 bridgehead atoms. The zero-order valence-corrected chi connectivity index (χ0v) is 9.87. The van der Waals surface area contributed by atoms with Gasteiger partial charge in [-0.05, 0) is 25.5 Å². The van der Waals surface area contributed by atoms with Crippen molar-refractivity contribution in [3.63, 3.8) is 0 Å². The largest absolute Gasteiger partial charge is 0.382 e. The molecule has 0 fully saturated rings. The van der Waals surface area contributed by atoms with Crippen molar-refractivity contribution in [3.8, 4) is 0 Å². The maximum absolute atomic E-state index is 11.7. The molecule has 88 valence electrons. The zero-order chi connectivity index (χ0) is 12.0. The molecule has 16 heavy (non-hydrogen) atoms. The Morgan fingerprint density at radius 3 is 2.69 bits per heavy atom. The van der Waals surface area contributed by atoms with Crippen LogP contribution in [0.25, 0.3) is 0 Å². The van der Waals surface area contributed by atoms with E-state index in [0.717, 1.165) is 11.1 Å². The summed E-state index contributed by atoms with van der Waals surface area (Å²) in [5.74, 6) is -0.228. The molecule has 0 heterocycles. The van der Waals surface area contributed by atoms with Crippen LogP contribution in [-0.2, 0) is 9.57 Å². The molecule has 0 spiro atoms. The topological polar surface area (TPSA) is 47.6 Å². The molecule has 0 saturated heterocycles. The van der Waals surface area contributed by atoms with E-state index >= 15 is 0 Å². The zero-order valence-electron chi connectivity index (χ0n) is 9.87. The van der Waals surface area contributed by atoms with Gasteiger partial charge >= 0.3 is 0 Å². The van der Waals surface area contributed by atoms with Gasteiger partial charge in [0.15, 0.2) is 0 Å². The number of rotatable bonds is 5. The summed E-state index contributed by atoms with van der Waals surface area (Å²) in [6.45, 7) is 4.68. The lowest BCUT2D eigenvalue weighted by Crippen LogP contribution is -2.26. The van der Waals surface area contributed by atoms with Crippen molar-refractivity contribution in [2.75, 3.05) is 20.3 Å². The van der Waals surface area contributed by atoms with E-state index in [9.17, 15) is 4.79 Å². The summed E-state index contributed by atoms with van der Waals surface area (Å²) >= 11 is 0. The third-order valence-electron chi connectivity index (χ3n) is 2.18. The molecule has 0 unspecified atom stereocenters. The van der Waals surface area contributed by atoms with Crippen molar-refractivity contribution in [1.82, 2.24) is 5.48 Å². The fourth-order valence-corrected chi connectivity index (χ4v) is 1.36. The Hall–Kier alpha value is -1.39. The predicted octanol–water partition coefficient (Wildman–Crippen LogP) is 1.61. The summed E-state index contributed by atoms with van der Waals surface area (Å²) in [5, 5.41) is 0. The van der Waals surface area contributed by atoms with Gasteiger partial charge in [0, 0.05) is 12.7 Å². The first-order valence-corrected chi connectivity index (χ1v) is 5.13. The third kappa shape index (κ3) is 3.64. The SMILES string of the molecule is COCCONC(=O)c1ccc(C)cc1C. The van der Waals surface area contributed by atoms with Gasteiger partial charge < -0.3 is 4.74 Å². The van der Waals surface area contributed by atoms with Crippen LogP contribution in [0.2, 0.25) is 0 Å². The van der Waals surface area contributed by atoms with E-state index in [1.807, 2.05) is 26.0 Å². The van der Waals surface area contributed by atoms with Gasteiger partial charge in [0.2, 0.25) is 0 Å². The van der Waals surface area contributed by atoms with E-state index in [-0.39, 0.29) is 5.91 Å². The quantitative estimate of drug-likeness (QED) is 0.609. The predicted molar refractivity (Wildman–Crippen MR) is 61.2 cm³/mol. The number of hydrogen-bond donors (Lipinski definition) is 1. The van der Waals surface area contributed by atoms with Crippen LogP contribution in [0, 0.1) is 13.8 Å². The summed E-state index contributed by atoms with van der Waals surface area (Å²) in [6, 6.07) is 5.65. The lowest BCUT2D eigenvalue weighted by atomic mass is 10.1. The average molecular weight is 223 g/mol. The van der Waals surface area contributed by atoms with Gasteiger partial charge in [0.05, 0.1) is 13.2 Å². The number of carbonyl (C=O) groups excluding carboxylic acids is 1. The maximum atomic E-state index is 11.7. The average Bonchev–Trinajstić information content (AvgIpc) is 2.24. The minimum atomic E-state index is -0.228. The molecule has 4 nitrogen and oxygen atoms in total. The number of hydroxylamine groups is 1. The standard InChI is InChI=1S/C12H17NO3/c1-9-4-5-11(10(2)8-9)12(14)13-16-7-6-15-3/h4-5,8H,6-7H2,1-3H3,(H,13,14). The molecule has 0 aliphatic carbocycles. The number of carbonyl (C=O) groups is 1. The second-order valence-corrected chi connectivity index (χ2v) is 3.59. The highest BCUT2D eigenvalue weighted by Crippen LogP contribution is 2.10. The number of nitrogens with one attached hydrogen (secondary N) is 1. The normalized spacial score (nSPS) is 10.2. The molecule has 1 aromatic carbocycles. The molecule has 0 aliphatic rings. The molecule has 0 aliphatic heterocycles. The van der Waals surface area contributed by atoms with Gasteiger partial charge in [-0.3, -0.25) is 9.63 Å². The van der Waals surface area contributed by atoms with E-state index in [0.29, 0.717) is 18.8 Å². The van der Waals surface area contributed by atoms with Crippen LogP contribution >= 0.6 is 0 Å². The fourth-order valence-electron chi connectivity index (χ4n) is 1.36. The van der Waals surface area contributed by atoms with Gasteiger partial charge in [-0.15, -0.1) is 0 Å². The molecule has 0 radical (unpaired) electrons. The van der Waals surface area contributed by atoms with Crippen LogP contribution in [0.3, 0.4) is 0 Å².